The van der Waals surface area contributed by atoms with E-state index in [9.17, 15) is 9.59 Å². The Kier molecular flexibility index (Phi) is 7.73. The number of benzene rings is 1. The molecule has 0 bridgehead atoms. The maximum atomic E-state index is 11.5. The van der Waals surface area contributed by atoms with E-state index >= 15 is 0 Å². The van der Waals surface area contributed by atoms with Crippen LogP contribution in [0.25, 0.3) is 0 Å². The summed E-state index contributed by atoms with van der Waals surface area (Å²) in [6.45, 7) is 5.83. The standard InChI is InChI=1S/C18H27NO2/c1-4-16(20)12-8-6-7-10-15-11-9-13-17(14(15)3)19-18(21)5-2/h9,11,13H,4-8,10,12H2,1-3H3,(H,19,21). The minimum absolute atomic E-state index is 0.0494. The van der Waals surface area contributed by atoms with E-state index in [1.165, 1.54) is 5.56 Å². The van der Waals surface area contributed by atoms with Crippen molar-refractivity contribution in [1.29, 1.82) is 0 Å². The van der Waals surface area contributed by atoms with Crippen molar-refractivity contribution < 1.29 is 9.59 Å². The first-order chi connectivity index (χ1) is 10.1. The number of hydrogen-bond acceptors (Lipinski definition) is 2. The Bertz CT molecular complexity index is 480. The summed E-state index contributed by atoms with van der Waals surface area (Å²) in [5.41, 5.74) is 3.36. The third-order valence-electron chi connectivity index (χ3n) is 3.84. The van der Waals surface area contributed by atoms with Crippen LogP contribution in [0.3, 0.4) is 0 Å². The number of ketones is 1. The van der Waals surface area contributed by atoms with Gasteiger partial charge in [0.05, 0.1) is 0 Å². The van der Waals surface area contributed by atoms with Gasteiger partial charge in [0.25, 0.3) is 0 Å². The Hall–Kier alpha value is -1.64. The molecule has 0 saturated heterocycles. The van der Waals surface area contributed by atoms with E-state index in [-0.39, 0.29) is 5.91 Å². The molecule has 0 aliphatic heterocycles. The van der Waals surface area contributed by atoms with Crippen LogP contribution in [0.1, 0.15) is 63.5 Å². The van der Waals surface area contributed by atoms with Crippen LogP contribution < -0.4 is 5.32 Å². The number of unbranched alkanes of at least 4 members (excludes halogenated alkanes) is 2. The van der Waals surface area contributed by atoms with Gasteiger partial charge in [0, 0.05) is 24.9 Å². The number of anilines is 1. The van der Waals surface area contributed by atoms with E-state index in [1.807, 2.05) is 26.0 Å². The molecule has 0 aliphatic rings. The number of aryl methyl sites for hydroxylation is 1. The van der Waals surface area contributed by atoms with Crippen molar-refractivity contribution in [3.8, 4) is 0 Å². The van der Waals surface area contributed by atoms with Crippen LogP contribution in [0.4, 0.5) is 5.69 Å². The maximum Gasteiger partial charge on any atom is 0.224 e. The molecule has 21 heavy (non-hydrogen) atoms. The van der Waals surface area contributed by atoms with Gasteiger partial charge in [-0.05, 0) is 43.4 Å². The zero-order valence-corrected chi connectivity index (χ0v) is 13.5. The summed E-state index contributed by atoms with van der Waals surface area (Å²) < 4.78 is 0. The molecule has 0 heterocycles. The Morgan fingerprint density at radius 3 is 2.48 bits per heavy atom. The summed E-state index contributed by atoms with van der Waals surface area (Å²) in [6, 6.07) is 6.06. The molecule has 1 amide bonds. The predicted molar refractivity (Wildman–Crippen MR) is 87.6 cm³/mol. The van der Waals surface area contributed by atoms with Gasteiger partial charge in [0.15, 0.2) is 0 Å². The van der Waals surface area contributed by atoms with E-state index in [4.69, 9.17) is 0 Å². The van der Waals surface area contributed by atoms with Crippen LogP contribution in [0.5, 0.6) is 0 Å². The Morgan fingerprint density at radius 2 is 1.81 bits per heavy atom. The second-order valence-electron chi connectivity index (χ2n) is 5.44. The van der Waals surface area contributed by atoms with Crippen molar-refractivity contribution in [2.45, 2.75) is 65.7 Å². The van der Waals surface area contributed by atoms with Crippen LogP contribution >= 0.6 is 0 Å². The van der Waals surface area contributed by atoms with Gasteiger partial charge in [-0.2, -0.15) is 0 Å². The minimum atomic E-state index is 0.0494. The largest absolute Gasteiger partial charge is 0.326 e. The Labute approximate surface area is 128 Å². The average Bonchev–Trinajstić information content (AvgIpc) is 2.49. The van der Waals surface area contributed by atoms with Crippen LogP contribution in [-0.4, -0.2) is 11.7 Å². The van der Waals surface area contributed by atoms with Gasteiger partial charge in [-0.3, -0.25) is 9.59 Å². The van der Waals surface area contributed by atoms with Crippen molar-refractivity contribution in [2.24, 2.45) is 0 Å². The van der Waals surface area contributed by atoms with E-state index < -0.39 is 0 Å². The van der Waals surface area contributed by atoms with Gasteiger partial charge in [-0.25, -0.2) is 0 Å². The van der Waals surface area contributed by atoms with Gasteiger partial charge in [0.2, 0.25) is 5.91 Å². The smallest absolute Gasteiger partial charge is 0.224 e. The van der Waals surface area contributed by atoms with Crippen LogP contribution in [0.15, 0.2) is 18.2 Å². The van der Waals surface area contributed by atoms with Crippen molar-refractivity contribution in [3.63, 3.8) is 0 Å². The molecule has 0 radical (unpaired) electrons. The fourth-order valence-corrected chi connectivity index (χ4v) is 2.32. The summed E-state index contributed by atoms with van der Waals surface area (Å²) in [5, 5.41) is 2.94. The summed E-state index contributed by atoms with van der Waals surface area (Å²) in [6.07, 6.45) is 6.01. The summed E-state index contributed by atoms with van der Waals surface area (Å²) in [5.74, 6) is 0.406. The summed E-state index contributed by atoms with van der Waals surface area (Å²) >= 11 is 0. The number of hydrogen-bond donors (Lipinski definition) is 1. The highest BCUT2D eigenvalue weighted by Gasteiger charge is 2.06. The normalized spacial score (nSPS) is 10.4. The van der Waals surface area contributed by atoms with Gasteiger partial charge < -0.3 is 5.32 Å². The molecule has 3 heteroatoms. The SMILES string of the molecule is CCC(=O)CCCCCc1cccc(NC(=O)CC)c1C. The topological polar surface area (TPSA) is 46.2 Å². The molecule has 116 valence electrons. The lowest BCUT2D eigenvalue weighted by atomic mass is 9.99. The number of Topliss-reactive ketones (excluding diaryl/α,β-unsaturated/α-hetero) is 1. The fraction of sp³-hybridized carbons (Fsp3) is 0.556. The first-order valence-corrected chi connectivity index (χ1v) is 7.98. The van der Waals surface area contributed by atoms with E-state index in [0.29, 0.717) is 25.0 Å². The van der Waals surface area contributed by atoms with Gasteiger partial charge in [0.1, 0.15) is 5.78 Å². The molecule has 0 unspecified atom stereocenters. The Morgan fingerprint density at radius 1 is 1.05 bits per heavy atom. The maximum absolute atomic E-state index is 11.5. The highest BCUT2D eigenvalue weighted by atomic mass is 16.1. The van der Waals surface area contributed by atoms with Crippen molar-refractivity contribution >= 4 is 17.4 Å². The molecule has 0 fully saturated rings. The first kappa shape index (κ1) is 17.4. The molecule has 0 aliphatic carbocycles. The van der Waals surface area contributed by atoms with Crippen molar-refractivity contribution in [1.82, 2.24) is 0 Å². The fourth-order valence-electron chi connectivity index (χ4n) is 2.32. The third kappa shape index (κ3) is 6.11. The quantitative estimate of drug-likeness (QED) is 0.684. The predicted octanol–water partition coefficient (Wildman–Crippen LogP) is 4.43. The second kappa shape index (κ2) is 9.32. The zero-order valence-electron chi connectivity index (χ0n) is 13.5. The summed E-state index contributed by atoms with van der Waals surface area (Å²) in [4.78, 5) is 22.7. The second-order valence-corrected chi connectivity index (χ2v) is 5.44. The van der Waals surface area contributed by atoms with Crippen LogP contribution in [-0.2, 0) is 16.0 Å². The minimum Gasteiger partial charge on any atom is -0.326 e. The molecule has 0 saturated carbocycles. The van der Waals surface area contributed by atoms with Crippen LogP contribution in [0.2, 0.25) is 0 Å². The van der Waals surface area contributed by atoms with Gasteiger partial charge >= 0.3 is 0 Å². The van der Waals surface area contributed by atoms with E-state index in [1.54, 1.807) is 0 Å². The number of carbonyl (C=O) groups is 2. The molecule has 1 aromatic rings. The molecule has 0 atom stereocenters. The highest BCUT2D eigenvalue weighted by Crippen LogP contribution is 2.21. The lowest BCUT2D eigenvalue weighted by molar-refractivity contribution is -0.119. The first-order valence-electron chi connectivity index (χ1n) is 7.98. The van der Waals surface area contributed by atoms with Crippen molar-refractivity contribution in [3.05, 3.63) is 29.3 Å². The monoisotopic (exact) mass is 289 g/mol. The van der Waals surface area contributed by atoms with Crippen molar-refractivity contribution in [2.75, 3.05) is 5.32 Å². The number of carbonyl (C=O) groups excluding carboxylic acids is 2. The molecule has 1 aromatic carbocycles. The number of amides is 1. The van der Waals surface area contributed by atoms with E-state index in [0.717, 1.165) is 36.9 Å². The molecule has 3 nitrogen and oxygen atoms in total. The lowest BCUT2D eigenvalue weighted by Gasteiger charge is -2.12. The molecule has 1 N–H and O–H groups in total. The summed E-state index contributed by atoms with van der Waals surface area (Å²) in [7, 11) is 0. The number of nitrogens with one attached hydrogen (secondary N) is 1. The number of rotatable bonds is 9. The van der Waals surface area contributed by atoms with Gasteiger partial charge in [-0.1, -0.05) is 32.4 Å². The zero-order chi connectivity index (χ0) is 15.7. The molecular weight excluding hydrogens is 262 g/mol. The highest BCUT2D eigenvalue weighted by molar-refractivity contribution is 5.91. The van der Waals surface area contributed by atoms with Gasteiger partial charge in [-0.15, -0.1) is 0 Å². The Balaban J connectivity index is 2.46. The molecule has 1 rings (SSSR count). The lowest BCUT2D eigenvalue weighted by Crippen LogP contribution is -2.11. The molecule has 0 aromatic heterocycles. The molecular formula is C18H27NO2. The average molecular weight is 289 g/mol. The van der Waals surface area contributed by atoms with Crippen LogP contribution in [0, 0.1) is 6.92 Å². The third-order valence-corrected chi connectivity index (χ3v) is 3.84. The van der Waals surface area contributed by atoms with E-state index in [2.05, 4.69) is 18.3 Å². The molecule has 0 spiro atoms.